The van der Waals surface area contributed by atoms with Crippen molar-refractivity contribution in [2.45, 2.75) is 13.8 Å². The van der Waals surface area contributed by atoms with E-state index >= 15 is 0 Å². The van der Waals surface area contributed by atoms with Crippen LogP contribution in [0.5, 0.6) is 0 Å². The van der Waals surface area contributed by atoms with Crippen molar-refractivity contribution in [3.8, 4) is 0 Å². The zero-order valence-corrected chi connectivity index (χ0v) is 17.4. The average Bonchev–Trinajstić information content (AvgIpc) is 2.99. The highest BCUT2D eigenvalue weighted by molar-refractivity contribution is 9.13. The van der Waals surface area contributed by atoms with Crippen LogP contribution < -0.4 is 10.6 Å². The molecule has 0 saturated carbocycles. The fourth-order valence-electron chi connectivity index (χ4n) is 2.76. The summed E-state index contributed by atoms with van der Waals surface area (Å²) in [5.41, 5.74) is 4.08. The highest BCUT2D eigenvalue weighted by Gasteiger charge is 2.15. The third kappa shape index (κ3) is 3.83. The number of halogens is 2. The fraction of sp³-hybridized carbons (Fsp3) is 0.158. The number of carbonyl (C=O) groups excluding carboxylic acids is 2. The first kappa shape index (κ1) is 18.7. The van der Waals surface area contributed by atoms with Gasteiger partial charge in [-0.2, -0.15) is 0 Å². The summed E-state index contributed by atoms with van der Waals surface area (Å²) >= 11 is 6.88. The maximum atomic E-state index is 12.5. The monoisotopic (exact) mass is 477 g/mol. The van der Waals surface area contributed by atoms with Crippen LogP contribution in [0.1, 0.15) is 21.5 Å². The second-order valence-corrected chi connectivity index (χ2v) is 7.72. The first-order valence-electron chi connectivity index (χ1n) is 7.97. The van der Waals surface area contributed by atoms with Crippen molar-refractivity contribution in [1.29, 1.82) is 0 Å². The molecule has 0 aliphatic carbocycles. The van der Waals surface area contributed by atoms with Gasteiger partial charge in [-0.25, -0.2) is 0 Å². The van der Waals surface area contributed by atoms with E-state index in [-0.39, 0.29) is 18.4 Å². The van der Waals surface area contributed by atoms with E-state index in [4.69, 9.17) is 0 Å². The zero-order valence-electron chi connectivity index (χ0n) is 14.2. The first-order chi connectivity index (χ1) is 12.4. The topological polar surface area (TPSA) is 74.0 Å². The Morgan fingerprint density at radius 1 is 1.08 bits per heavy atom. The highest BCUT2D eigenvalue weighted by Crippen LogP contribution is 2.30. The molecule has 26 heavy (non-hydrogen) atoms. The quantitative estimate of drug-likeness (QED) is 0.509. The van der Waals surface area contributed by atoms with Crippen LogP contribution in [0.15, 0.2) is 45.5 Å². The van der Waals surface area contributed by atoms with Crippen LogP contribution in [-0.4, -0.2) is 23.3 Å². The van der Waals surface area contributed by atoms with Crippen LogP contribution in [0.2, 0.25) is 0 Å². The van der Waals surface area contributed by atoms with Crippen LogP contribution in [0.3, 0.4) is 0 Å². The minimum absolute atomic E-state index is 0.100. The molecule has 3 rings (SSSR count). The molecule has 3 aromatic rings. The molecule has 0 unspecified atom stereocenters. The standard InChI is InChI=1S/C19H17Br2N3O2/c1-10-4-3-5-11(2)18(10)24-17(25)9-23-19(26)13-8-22-16-7-15(21)14(20)6-12(13)16/h3-8,22H,9H2,1-2H3,(H,23,26)(H,24,25). The van der Waals surface area contributed by atoms with Gasteiger partial charge in [-0.15, -0.1) is 0 Å². The molecule has 3 N–H and O–H groups in total. The molecule has 0 fully saturated rings. The Kier molecular flexibility index (Phi) is 5.48. The van der Waals surface area contributed by atoms with Crippen molar-refractivity contribution in [3.05, 3.63) is 62.2 Å². The predicted molar refractivity (Wildman–Crippen MR) is 111 cm³/mol. The van der Waals surface area contributed by atoms with Crippen molar-refractivity contribution in [2.75, 3.05) is 11.9 Å². The summed E-state index contributed by atoms with van der Waals surface area (Å²) in [6.45, 7) is 3.77. The lowest BCUT2D eigenvalue weighted by Crippen LogP contribution is -2.33. The van der Waals surface area contributed by atoms with Gasteiger partial charge in [-0.05, 0) is 69.0 Å². The summed E-state index contributed by atoms with van der Waals surface area (Å²) in [5.74, 6) is -0.568. The number of carbonyl (C=O) groups is 2. The van der Waals surface area contributed by atoms with Gasteiger partial charge in [0.2, 0.25) is 5.91 Å². The highest BCUT2D eigenvalue weighted by atomic mass is 79.9. The number of hydrogen-bond acceptors (Lipinski definition) is 2. The number of rotatable bonds is 4. The van der Waals surface area contributed by atoms with E-state index in [1.807, 2.05) is 44.2 Å². The fourth-order valence-corrected chi connectivity index (χ4v) is 3.44. The normalized spacial score (nSPS) is 10.8. The molecule has 0 atom stereocenters. The number of anilines is 1. The van der Waals surface area contributed by atoms with E-state index < -0.39 is 0 Å². The number of aromatic nitrogens is 1. The minimum atomic E-state index is -0.304. The van der Waals surface area contributed by atoms with E-state index in [1.54, 1.807) is 6.20 Å². The SMILES string of the molecule is Cc1cccc(C)c1NC(=O)CNC(=O)c1c[nH]c2cc(Br)c(Br)cc12. The number of amides is 2. The summed E-state index contributed by atoms with van der Waals surface area (Å²) in [5, 5.41) is 6.31. The summed E-state index contributed by atoms with van der Waals surface area (Å²) in [6, 6.07) is 9.56. The predicted octanol–water partition coefficient (Wildman–Crippen LogP) is 4.68. The second-order valence-electron chi connectivity index (χ2n) is 6.01. The number of fused-ring (bicyclic) bond motifs is 1. The second kappa shape index (κ2) is 7.63. The van der Waals surface area contributed by atoms with E-state index in [1.165, 1.54) is 0 Å². The van der Waals surface area contributed by atoms with Gasteiger partial charge in [-0.1, -0.05) is 18.2 Å². The van der Waals surface area contributed by atoms with Crippen molar-refractivity contribution in [3.63, 3.8) is 0 Å². The van der Waals surface area contributed by atoms with Crippen molar-refractivity contribution < 1.29 is 9.59 Å². The molecule has 0 saturated heterocycles. The van der Waals surface area contributed by atoms with Gasteiger partial charge in [0.25, 0.3) is 5.91 Å². The van der Waals surface area contributed by atoms with Crippen molar-refractivity contribution in [2.24, 2.45) is 0 Å². The van der Waals surface area contributed by atoms with E-state index in [0.717, 1.165) is 36.7 Å². The Morgan fingerprint density at radius 2 is 1.73 bits per heavy atom. The molecular weight excluding hydrogens is 462 g/mol. The third-order valence-corrected chi connectivity index (χ3v) is 5.97. The number of aromatic amines is 1. The average molecular weight is 479 g/mol. The van der Waals surface area contributed by atoms with Gasteiger partial charge >= 0.3 is 0 Å². The Balaban J connectivity index is 1.69. The van der Waals surface area contributed by atoms with Crippen molar-refractivity contribution >= 4 is 60.3 Å². The van der Waals surface area contributed by atoms with Crippen molar-refractivity contribution in [1.82, 2.24) is 10.3 Å². The molecule has 2 aromatic carbocycles. The molecule has 2 amide bonds. The minimum Gasteiger partial charge on any atom is -0.360 e. The van der Waals surface area contributed by atoms with Gasteiger partial charge in [0.1, 0.15) is 0 Å². The Morgan fingerprint density at radius 3 is 2.42 bits per heavy atom. The smallest absolute Gasteiger partial charge is 0.253 e. The number of aryl methyl sites for hydroxylation is 2. The zero-order chi connectivity index (χ0) is 18.8. The molecular formula is C19H17Br2N3O2. The molecule has 134 valence electrons. The molecule has 1 aromatic heterocycles. The summed E-state index contributed by atoms with van der Waals surface area (Å²) < 4.78 is 1.75. The first-order valence-corrected chi connectivity index (χ1v) is 9.56. The van der Waals surface area contributed by atoms with Crippen LogP contribution in [0.25, 0.3) is 10.9 Å². The maximum Gasteiger partial charge on any atom is 0.253 e. The van der Waals surface area contributed by atoms with Crippen LogP contribution >= 0.6 is 31.9 Å². The number of para-hydroxylation sites is 1. The largest absolute Gasteiger partial charge is 0.360 e. The lowest BCUT2D eigenvalue weighted by molar-refractivity contribution is -0.115. The molecule has 0 spiro atoms. The van der Waals surface area contributed by atoms with Gasteiger partial charge in [0.15, 0.2) is 0 Å². The summed E-state index contributed by atoms with van der Waals surface area (Å²) in [7, 11) is 0. The van der Waals surface area contributed by atoms with Gasteiger partial charge < -0.3 is 15.6 Å². The number of benzene rings is 2. The van der Waals surface area contributed by atoms with Gasteiger partial charge in [0.05, 0.1) is 12.1 Å². The molecule has 0 aliphatic rings. The van der Waals surface area contributed by atoms with E-state index in [0.29, 0.717) is 5.56 Å². The van der Waals surface area contributed by atoms with E-state index in [9.17, 15) is 9.59 Å². The lowest BCUT2D eigenvalue weighted by Gasteiger charge is -2.11. The molecule has 0 aliphatic heterocycles. The Labute approximate surface area is 167 Å². The van der Waals surface area contributed by atoms with E-state index in [2.05, 4.69) is 47.5 Å². The Bertz CT molecular complexity index is 991. The maximum absolute atomic E-state index is 12.5. The molecule has 5 nitrogen and oxygen atoms in total. The molecule has 1 heterocycles. The third-order valence-electron chi connectivity index (χ3n) is 4.12. The Hall–Kier alpha value is -2.12. The summed E-state index contributed by atoms with van der Waals surface area (Å²) in [4.78, 5) is 27.7. The van der Waals surface area contributed by atoms with Gasteiger partial charge in [0, 0.05) is 31.7 Å². The number of hydrogen-bond donors (Lipinski definition) is 3. The van der Waals surface area contributed by atoms with Crippen LogP contribution in [0, 0.1) is 13.8 Å². The molecule has 7 heteroatoms. The number of nitrogens with one attached hydrogen (secondary N) is 3. The molecule has 0 bridgehead atoms. The van der Waals surface area contributed by atoms with Crippen LogP contribution in [0.4, 0.5) is 5.69 Å². The number of H-pyrrole nitrogens is 1. The summed E-state index contributed by atoms with van der Waals surface area (Å²) in [6.07, 6.45) is 1.64. The molecule has 0 radical (unpaired) electrons. The van der Waals surface area contributed by atoms with Gasteiger partial charge in [-0.3, -0.25) is 9.59 Å². The van der Waals surface area contributed by atoms with Crippen LogP contribution in [-0.2, 0) is 4.79 Å². The lowest BCUT2D eigenvalue weighted by atomic mass is 10.1.